The molecule has 1 saturated heterocycles. The minimum absolute atomic E-state index is 0.176. The summed E-state index contributed by atoms with van der Waals surface area (Å²) in [5.74, 6) is 0.819. The summed E-state index contributed by atoms with van der Waals surface area (Å²) in [7, 11) is 1.75. The molecule has 28 heavy (non-hydrogen) atoms. The Morgan fingerprint density at radius 3 is 2.68 bits per heavy atom. The second kappa shape index (κ2) is 8.60. The van der Waals surface area contributed by atoms with Crippen LogP contribution >= 0.6 is 0 Å². The number of methoxy groups -OCH3 is 1. The zero-order chi connectivity index (χ0) is 19.4. The zero-order valence-corrected chi connectivity index (χ0v) is 16.6. The van der Waals surface area contributed by atoms with Crippen LogP contribution in [0.25, 0.3) is 0 Å². The third-order valence-electron chi connectivity index (χ3n) is 5.88. The van der Waals surface area contributed by atoms with Gasteiger partial charge >= 0.3 is 0 Å². The molecule has 5 heteroatoms. The SMILES string of the molecule is COCCN1CCC2(CC1)CN(Cc1cccc(F)c1)Cc1ccccc1O2. The Balaban J connectivity index is 1.54. The van der Waals surface area contributed by atoms with Gasteiger partial charge in [0.15, 0.2) is 0 Å². The Bertz CT molecular complexity index is 790. The van der Waals surface area contributed by atoms with E-state index < -0.39 is 0 Å². The lowest BCUT2D eigenvalue weighted by atomic mass is 9.90. The van der Waals surface area contributed by atoms with Crippen LogP contribution in [0.1, 0.15) is 24.0 Å². The lowest BCUT2D eigenvalue weighted by Gasteiger charge is -2.43. The van der Waals surface area contributed by atoms with E-state index in [-0.39, 0.29) is 11.4 Å². The average Bonchev–Trinajstić information content (AvgIpc) is 2.83. The van der Waals surface area contributed by atoms with E-state index in [2.05, 4.69) is 28.0 Å². The number of hydrogen-bond donors (Lipinski definition) is 0. The van der Waals surface area contributed by atoms with Crippen molar-refractivity contribution in [1.29, 1.82) is 0 Å². The molecule has 1 fully saturated rings. The number of nitrogens with zero attached hydrogens (tertiary/aromatic N) is 2. The predicted octanol–water partition coefficient (Wildman–Crippen LogP) is 3.70. The number of para-hydroxylation sites is 1. The number of rotatable bonds is 5. The van der Waals surface area contributed by atoms with Gasteiger partial charge in [-0.2, -0.15) is 0 Å². The molecule has 0 bridgehead atoms. The van der Waals surface area contributed by atoms with Gasteiger partial charge in [0.1, 0.15) is 17.2 Å². The Labute approximate surface area is 166 Å². The highest BCUT2D eigenvalue weighted by Gasteiger charge is 2.40. The molecule has 0 saturated carbocycles. The Hall–Kier alpha value is -1.95. The molecule has 0 aliphatic carbocycles. The molecule has 0 unspecified atom stereocenters. The molecule has 0 aromatic heterocycles. The van der Waals surface area contributed by atoms with Crippen LogP contribution in [0.15, 0.2) is 48.5 Å². The van der Waals surface area contributed by atoms with Gasteiger partial charge in [-0.25, -0.2) is 4.39 Å². The van der Waals surface area contributed by atoms with E-state index in [0.717, 1.165) is 70.0 Å². The average molecular weight is 384 g/mol. The summed E-state index contributed by atoms with van der Waals surface area (Å²) < 4.78 is 25.6. The second-order valence-electron chi connectivity index (χ2n) is 8.00. The minimum Gasteiger partial charge on any atom is -0.486 e. The number of ether oxygens (including phenoxy) is 2. The Kier molecular flexibility index (Phi) is 5.95. The van der Waals surface area contributed by atoms with Gasteiger partial charge in [0.05, 0.1) is 6.61 Å². The van der Waals surface area contributed by atoms with Crippen LogP contribution in [0, 0.1) is 5.82 Å². The summed E-state index contributed by atoms with van der Waals surface area (Å²) in [6.07, 6.45) is 1.98. The summed E-state index contributed by atoms with van der Waals surface area (Å²) in [5.41, 5.74) is 2.02. The lowest BCUT2D eigenvalue weighted by Crippen LogP contribution is -2.53. The fourth-order valence-electron chi connectivity index (χ4n) is 4.37. The van der Waals surface area contributed by atoms with E-state index in [1.165, 1.54) is 11.6 Å². The van der Waals surface area contributed by atoms with Gasteiger partial charge in [0.2, 0.25) is 0 Å². The smallest absolute Gasteiger partial charge is 0.124 e. The first-order valence-electron chi connectivity index (χ1n) is 10.1. The van der Waals surface area contributed by atoms with Crippen LogP contribution in [-0.2, 0) is 17.8 Å². The maximum atomic E-state index is 13.7. The molecule has 2 aliphatic heterocycles. The molecule has 4 rings (SSSR count). The van der Waals surface area contributed by atoms with Crippen LogP contribution in [-0.4, -0.2) is 55.3 Å². The van der Waals surface area contributed by atoms with Crippen molar-refractivity contribution in [3.05, 3.63) is 65.5 Å². The van der Waals surface area contributed by atoms with Gasteiger partial charge in [-0.3, -0.25) is 4.90 Å². The summed E-state index contributed by atoms with van der Waals surface area (Å²) >= 11 is 0. The molecule has 0 radical (unpaired) electrons. The van der Waals surface area contributed by atoms with Gasteiger partial charge in [0.25, 0.3) is 0 Å². The number of hydrogen-bond acceptors (Lipinski definition) is 4. The van der Waals surface area contributed by atoms with Crippen molar-refractivity contribution < 1.29 is 13.9 Å². The van der Waals surface area contributed by atoms with Crippen LogP contribution in [0.5, 0.6) is 5.75 Å². The lowest BCUT2D eigenvalue weighted by molar-refractivity contribution is -0.0233. The highest BCUT2D eigenvalue weighted by atomic mass is 19.1. The quantitative estimate of drug-likeness (QED) is 0.785. The zero-order valence-electron chi connectivity index (χ0n) is 16.6. The molecule has 0 amide bonds. The highest BCUT2D eigenvalue weighted by Crippen LogP contribution is 2.36. The summed E-state index contributed by atoms with van der Waals surface area (Å²) in [6, 6.07) is 15.3. The first-order chi connectivity index (χ1) is 13.7. The van der Waals surface area contributed by atoms with Crippen molar-refractivity contribution in [3.8, 4) is 5.75 Å². The molecule has 150 valence electrons. The molecule has 4 nitrogen and oxygen atoms in total. The van der Waals surface area contributed by atoms with E-state index >= 15 is 0 Å². The first kappa shape index (κ1) is 19.4. The van der Waals surface area contributed by atoms with Crippen molar-refractivity contribution in [3.63, 3.8) is 0 Å². The van der Waals surface area contributed by atoms with E-state index in [1.54, 1.807) is 19.2 Å². The Morgan fingerprint density at radius 1 is 1.07 bits per heavy atom. The van der Waals surface area contributed by atoms with Crippen LogP contribution in [0.3, 0.4) is 0 Å². The van der Waals surface area contributed by atoms with Crippen LogP contribution < -0.4 is 4.74 Å². The van der Waals surface area contributed by atoms with E-state index in [1.807, 2.05) is 12.1 Å². The van der Waals surface area contributed by atoms with Crippen molar-refractivity contribution >= 4 is 0 Å². The fraction of sp³-hybridized carbons (Fsp3) is 0.478. The van der Waals surface area contributed by atoms with Crippen molar-refractivity contribution in [1.82, 2.24) is 9.80 Å². The number of halogens is 1. The molecular weight excluding hydrogens is 355 g/mol. The van der Waals surface area contributed by atoms with Gasteiger partial charge in [-0.15, -0.1) is 0 Å². The number of benzene rings is 2. The van der Waals surface area contributed by atoms with Crippen LogP contribution in [0.2, 0.25) is 0 Å². The van der Waals surface area contributed by atoms with E-state index in [9.17, 15) is 4.39 Å². The van der Waals surface area contributed by atoms with Gasteiger partial charge in [-0.05, 0) is 23.8 Å². The Morgan fingerprint density at radius 2 is 1.89 bits per heavy atom. The number of piperidine rings is 1. The maximum Gasteiger partial charge on any atom is 0.124 e. The molecule has 1 spiro atoms. The molecule has 0 atom stereocenters. The van der Waals surface area contributed by atoms with E-state index in [0.29, 0.717) is 0 Å². The van der Waals surface area contributed by atoms with E-state index in [4.69, 9.17) is 9.47 Å². The fourth-order valence-corrected chi connectivity index (χ4v) is 4.37. The number of likely N-dealkylation sites (tertiary alicyclic amines) is 1. The molecular formula is C23H29FN2O2. The predicted molar refractivity (Wildman–Crippen MR) is 108 cm³/mol. The van der Waals surface area contributed by atoms with Crippen LogP contribution in [0.4, 0.5) is 4.39 Å². The normalized spacial score (nSPS) is 19.8. The first-order valence-corrected chi connectivity index (χ1v) is 10.1. The standard InChI is InChI=1S/C23H29FN2O2/c1-27-14-13-25-11-9-23(10-12-25)18-26(16-19-5-4-7-21(24)15-19)17-20-6-2-3-8-22(20)28-23/h2-8,15H,9-14,16-18H2,1H3. The third-order valence-corrected chi connectivity index (χ3v) is 5.88. The maximum absolute atomic E-state index is 13.7. The minimum atomic E-state index is -0.191. The second-order valence-corrected chi connectivity index (χ2v) is 8.00. The molecule has 0 N–H and O–H groups in total. The monoisotopic (exact) mass is 384 g/mol. The molecule has 2 aromatic carbocycles. The van der Waals surface area contributed by atoms with Gasteiger partial charge in [-0.1, -0.05) is 30.3 Å². The molecule has 2 aromatic rings. The highest BCUT2D eigenvalue weighted by molar-refractivity contribution is 5.35. The molecule has 2 aliphatic rings. The largest absolute Gasteiger partial charge is 0.486 e. The van der Waals surface area contributed by atoms with Crippen molar-refractivity contribution in [2.45, 2.75) is 31.5 Å². The van der Waals surface area contributed by atoms with Gasteiger partial charge in [0, 0.05) is 64.8 Å². The summed E-state index contributed by atoms with van der Waals surface area (Å²) in [6.45, 7) is 6.17. The van der Waals surface area contributed by atoms with Gasteiger partial charge < -0.3 is 14.4 Å². The third kappa shape index (κ3) is 4.54. The van der Waals surface area contributed by atoms with Crippen molar-refractivity contribution in [2.75, 3.05) is 39.9 Å². The summed E-state index contributed by atoms with van der Waals surface area (Å²) in [5, 5.41) is 0. The molecule has 2 heterocycles. The summed E-state index contributed by atoms with van der Waals surface area (Å²) in [4.78, 5) is 4.86. The topological polar surface area (TPSA) is 24.9 Å². The van der Waals surface area contributed by atoms with Crippen molar-refractivity contribution in [2.24, 2.45) is 0 Å². The number of fused-ring (bicyclic) bond motifs is 1.